The van der Waals surface area contributed by atoms with Crippen LogP contribution in [0.1, 0.15) is 37.4 Å². The fourth-order valence-electron chi connectivity index (χ4n) is 3.43. The Morgan fingerprint density at radius 3 is 2.28 bits per heavy atom. The van der Waals surface area contributed by atoms with Gasteiger partial charge < -0.3 is 15.5 Å². The van der Waals surface area contributed by atoms with E-state index in [4.69, 9.17) is 0 Å². The Labute approximate surface area is 164 Å². The normalized spacial score (nSPS) is 12.3. The van der Waals surface area contributed by atoms with Gasteiger partial charge in [0, 0.05) is 11.6 Å². The topological polar surface area (TPSA) is 130 Å². The van der Waals surface area contributed by atoms with Crippen LogP contribution in [0, 0.1) is 17.0 Å². The Morgan fingerprint density at radius 1 is 0.862 bits per heavy atom. The van der Waals surface area contributed by atoms with Gasteiger partial charge in [-0.15, -0.1) is 0 Å². The summed E-state index contributed by atoms with van der Waals surface area (Å²) in [4.78, 5) is 36.9. The molecule has 0 saturated carbocycles. The number of nitrogens with zero attached hydrogens (tertiary/aromatic N) is 1. The van der Waals surface area contributed by atoms with Gasteiger partial charge in [-0.05, 0) is 36.8 Å². The van der Waals surface area contributed by atoms with Gasteiger partial charge in [0.2, 0.25) is 5.78 Å². The number of rotatable bonds is 3. The average molecular weight is 390 g/mol. The first kappa shape index (κ1) is 18.2. The number of nitro benzene ring substituents is 1. The minimum Gasteiger partial charge on any atom is -0.507 e. The molecule has 0 spiro atoms. The molecular weight excluding hydrogens is 376 g/mol. The van der Waals surface area contributed by atoms with Gasteiger partial charge in [0.25, 0.3) is 5.69 Å². The van der Waals surface area contributed by atoms with Crippen molar-refractivity contribution in [1.29, 1.82) is 0 Å². The molecule has 8 nitrogen and oxygen atoms in total. The van der Waals surface area contributed by atoms with Gasteiger partial charge in [0.05, 0.1) is 27.3 Å². The highest BCUT2D eigenvalue weighted by Gasteiger charge is 2.36. The molecule has 144 valence electrons. The second-order valence-electron chi connectivity index (χ2n) is 6.64. The van der Waals surface area contributed by atoms with Gasteiger partial charge in [0.15, 0.2) is 5.78 Å². The summed E-state index contributed by atoms with van der Waals surface area (Å²) in [6.07, 6.45) is 0. The number of ketones is 2. The third-order valence-corrected chi connectivity index (χ3v) is 4.77. The fourth-order valence-corrected chi connectivity index (χ4v) is 3.43. The Balaban J connectivity index is 1.91. The molecular formula is C21H14N2O6. The van der Waals surface area contributed by atoms with E-state index in [0.717, 1.165) is 0 Å². The number of aryl methyl sites for hydroxylation is 1. The van der Waals surface area contributed by atoms with Crippen molar-refractivity contribution in [2.24, 2.45) is 0 Å². The number of carbonyl (C=O) groups excluding carboxylic acids is 2. The van der Waals surface area contributed by atoms with E-state index in [1.54, 1.807) is 13.0 Å². The van der Waals surface area contributed by atoms with Gasteiger partial charge >= 0.3 is 0 Å². The maximum absolute atomic E-state index is 13.1. The monoisotopic (exact) mass is 390 g/mol. The van der Waals surface area contributed by atoms with Crippen LogP contribution in [-0.4, -0.2) is 26.7 Å². The quantitative estimate of drug-likeness (QED) is 0.275. The maximum Gasteiger partial charge on any atom is 0.292 e. The molecule has 0 aliphatic heterocycles. The van der Waals surface area contributed by atoms with Gasteiger partial charge in [-0.2, -0.15) is 0 Å². The molecule has 0 saturated heterocycles. The number of anilines is 2. The Hall–Kier alpha value is -4.20. The predicted octanol–water partition coefficient (Wildman–Crippen LogP) is 3.83. The lowest BCUT2D eigenvalue weighted by Crippen LogP contribution is -2.22. The Morgan fingerprint density at radius 2 is 1.55 bits per heavy atom. The molecule has 8 heteroatoms. The van der Waals surface area contributed by atoms with Crippen molar-refractivity contribution in [3.63, 3.8) is 0 Å². The summed E-state index contributed by atoms with van der Waals surface area (Å²) in [5, 5.41) is 34.5. The molecule has 0 bridgehead atoms. The second-order valence-corrected chi connectivity index (χ2v) is 6.64. The van der Waals surface area contributed by atoms with E-state index in [-0.39, 0.29) is 45.1 Å². The Kier molecular flexibility index (Phi) is 4.04. The molecule has 0 amide bonds. The van der Waals surface area contributed by atoms with Crippen molar-refractivity contribution in [2.45, 2.75) is 6.92 Å². The second kappa shape index (κ2) is 6.45. The molecule has 0 radical (unpaired) electrons. The number of phenolic OH excluding ortho intramolecular Hbond substituents is 2. The zero-order valence-corrected chi connectivity index (χ0v) is 15.1. The van der Waals surface area contributed by atoms with E-state index in [9.17, 15) is 29.9 Å². The molecule has 1 aliphatic carbocycles. The third kappa shape index (κ3) is 2.78. The third-order valence-electron chi connectivity index (χ3n) is 4.77. The fraction of sp³-hybridized carbons (Fsp3) is 0.0476. The lowest BCUT2D eigenvalue weighted by Gasteiger charge is -2.22. The van der Waals surface area contributed by atoms with E-state index >= 15 is 0 Å². The molecule has 29 heavy (non-hydrogen) atoms. The van der Waals surface area contributed by atoms with E-state index in [1.807, 2.05) is 0 Å². The summed E-state index contributed by atoms with van der Waals surface area (Å²) >= 11 is 0. The molecule has 0 fully saturated rings. The molecule has 4 rings (SSSR count). The SMILES string of the molecule is Cc1ccc(Nc2ccc(O)c3c2C(=O)c2cccc(O)c2C3=O)c([N+](=O)[O-])c1. The largest absolute Gasteiger partial charge is 0.507 e. The minimum absolute atomic E-state index is 0.00504. The smallest absolute Gasteiger partial charge is 0.292 e. The first-order valence-electron chi connectivity index (χ1n) is 8.59. The van der Waals surface area contributed by atoms with Crippen LogP contribution in [0.4, 0.5) is 17.1 Å². The van der Waals surface area contributed by atoms with Crippen molar-refractivity contribution >= 4 is 28.6 Å². The highest BCUT2D eigenvalue weighted by atomic mass is 16.6. The zero-order valence-electron chi connectivity index (χ0n) is 15.1. The van der Waals surface area contributed by atoms with Crippen molar-refractivity contribution in [3.8, 4) is 11.5 Å². The minimum atomic E-state index is -0.702. The van der Waals surface area contributed by atoms with Crippen LogP contribution >= 0.6 is 0 Å². The van der Waals surface area contributed by atoms with E-state index in [2.05, 4.69) is 5.32 Å². The summed E-state index contributed by atoms with van der Waals surface area (Å²) in [7, 11) is 0. The first-order valence-corrected chi connectivity index (χ1v) is 8.59. The number of hydrogen-bond acceptors (Lipinski definition) is 7. The van der Waals surface area contributed by atoms with Gasteiger partial charge in [-0.3, -0.25) is 19.7 Å². The maximum atomic E-state index is 13.1. The van der Waals surface area contributed by atoms with Gasteiger partial charge in [-0.25, -0.2) is 0 Å². The van der Waals surface area contributed by atoms with Gasteiger partial charge in [0.1, 0.15) is 17.2 Å². The number of carbonyl (C=O) groups is 2. The highest BCUT2D eigenvalue weighted by molar-refractivity contribution is 6.32. The van der Waals surface area contributed by atoms with Crippen molar-refractivity contribution in [2.75, 3.05) is 5.32 Å². The molecule has 0 heterocycles. The van der Waals surface area contributed by atoms with Gasteiger partial charge in [-0.1, -0.05) is 18.2 Å². The lowest BCUT2D eigenvalue weighted by molar-refractivity contribution is -0.384. The molecule has 3 N–H and O–H groups in total. The van der Waals surface area contributed by atoms with Crippen molar-refractivity contribution in [3.05, 3.63) is 86.5 Å². The summed E-state index contributed by atoms with van der Waals surface area (Å²) in [5.74, 6) is -2.07. The number of fused-ring (bicyclic) bond motifs is 2. The molecule has 0 atom stereocenters. The van der Waals surface area contributed by atoms with Crippen LogP contribution in [0.2, 0.25) is 0 Å². The van der Waals surface area contributed by atoms with Crippen LogP contribution in [0.3, 0.4) is 0 Å². The van der Waals surface area contributed by atoms with Crippen LogP contribution in [0.5, 0.6) is 11.5 Å². The molecule has 0 aromatic heterocycles. The molecule has 0 unspecified atom stereocenters. The van der Waals surface area contributed by atoms with Crippen LogP contribution < -0.4 is 5.32 Å². The number of aromatic hydroxyl groups is 2. The number of phenols is 2. The molecule has 3 aromatic rings. The first-order chi connectivity index (χ1) is 13.8. The summed E-state index contributed by atoms with van der Waals surface area (Å²) < 4.78 is 0. The zero-order chi connectivity index (χ0) is 20.9. The summed E-state index contributed by atoms with van der Waals surface area (Å²) in [6, 6.07) is 11.3. The standard InChI is InChI=1S/C21H14N2O6/c1-10-5-6-12(14(9-10)23(28)29)22-13-7-8-16(25)19-18(13)20(26)11-3-2-4-15(24)17(11)21(19)27/h2-9,22,24-25H,1H3. The van der Waals surface area contributed by atoms with E-state index in [1.165, 1.54) is 42.5 Å². The number of benzene rings is 3. The van der Waals surface area contributed by atoms with Crippen LogP contribution in [0.25, 0.3) is 0 Å². The Bertz CT molecular complexity index is 1230. The molecule has 1 aliphatic rings. The van der Waals surface area contributed by atoms with Crippen molar-refractivity contribution in [1.82, 2.24) is 0 Å². The number of nitrogens with one attached hydrogen (secondary N) is 1. The summed E-state index contributed by atoms with van der Waals surface area (Å²) in [6.45, 7) is 1.71. The van der Waals surface area contributed by atoms with E-state index in [0.29, 0.717) is 5.56 Å². The lowest BCUT2D eigenvalue weighted by atomic mass is 9.82. The average Bonchev–Trinajstić information content (AvgIpc) is 2.68. The number of hydrogen-bond donors (Lipinski definition) is 3. The highest BCUT2D eigenvalue weighted by Crippen LogP contribution is 2.41. The van der Waals surface area contributed by atoms with E-state index < -0.39 is 22.2 Å². The van der Waals surface area contributed by atoms with Crippen molar-refractivity contribution < 1.29 is 24.7 Å². The van der Waals surface area contributed by atoms with Crippen LogP contribution in [-0.2, 0) is 0 Å². The number of nitro groups is 1. The molecule has 3 aromatic carbocycles. The van der Waals surface area contributed by atoms with Crippen LogP contribution in [0.15, 0.2) is 48.5 Å². The summed E-state index contributed by atoms with van der Waals surface area (Å²) in [5.41, 5.74) is 0.206. The predicted molar refractivity (Wildman–Crippen MR) is 104 cm³/mol.